The molecule has 0 fully saturated rings. The van der Waals surface area contributed by atoms with Crippen LogP contribution in [0.3, 0.4) is 0 Å². The maximum absolute atomic E-state index is 14.1. The molecule has 0 radical (unpaired) electrons. The normalized spacial score (nSPS) is 11.2. The summed E-state index contributed by atoms with van der Waals surface area (Å²) in [5.41, 5.74) is 1.04. The van der Waals surface area contributed by atoms with E-state index < -0.39 is 5.82 Å². The smallest absolute Gasteiger partial charge is 0.216 e. The standard InChI is InChI=1S/C13H9FN8/c14-11-5-10(1-2-12(11)22-4-3-16-8-22)17-7-9(6-15)13-18-20-21-19-13/h1-5,7-8,17H,(H,18,19,20,21). The summed E-state index contributed by atoms with van der Waals surface area (Å²) >= 11 is 0. The van der Waals surface area contributed by atoms with E-state index in [0.29, 0.717) is 11.4 Å². The maximum atomic E-state index is 14.1. The average Bonchev–Trinajstić information content (AvgIpc) is 3.21. The van der Waals surface area contributed by atoms with Crippen molar-refractivity contribution in [3.63, 3.8) is 0 Å². The number of hydrogen-bond acceptors (Lipinski definition) is 6. The zero-order chi connectivity index (χ0) is 15.4. The number of hydrogen-bond donors (Lipinski definition) is 2. The SMILES string of the molecule is N#CC(=CNc1ccc(-n2ccnc2)c(F)c1)c1nn[nH]n1. The summed E-state index contributed by atoms with van der Waals surface area (Å²) in [5, 5.41) is 24.9. The van der Waals surface area contributed by atoms with Crippen molar-refractivity contribution in [3.8, 4) is 11.8 Å². The second kappa shape index (κ2) is 5.84. The molecule has 0 bridgehead atoms. The number of tetrazole rings is 1. The van der Waals surface area contributed by atoms with Crippen LogP contribution in [-0.2, 0) is 0 Å². The molecular formula is C13H9FN8. The van der Waals surface area contributed by atoms with Crippen molar-refractivity contribution >= 4 is 11.3 Å². The van der Waals surface area contributed by atoms with Gasteiger partial charge in [0.05, 0.1) is 12.0 Å². The summed E-state index contributed by atoms with van der Waals surface area (Å²) in [4.78, 5) is 3.87. The van der Waals surface area contributed by atoms with Crippen molar-refractivity contribution in [2.75, 3.05) is 5.32 Å². The summed E-state index contributed by atoms with van der Waals surface area (Å²) in [6.45, 7) is 0. The van der Waals surface area contributed by atoms with Crippen molar-refractivity contribution in [2.24, 2.45) is 0 Å². The molecule has 22 heavy (non-hydrogen) atoms. The van der Waals surface area contributed by atoms with Crippen LogP contribution in [0.5, 0.6) is 0 Å². The van der Waals surface area contributed by atoms with Crippen molar-refractivity contribution in [1.29, 1.82) is 5.26 Å². The van der Waals surface area contributed by atoms with Gasteiger partial charge in [0.1, 0.15) is 17.5 Å². The van der Waals surface area contributed by atoms with Gasteiger partial charge in [-0.25, -0.2) is 9.37 Å². The molecule has 1 aromatic carbocycles. The summed E-state index contributed by atoms with van der Waals surface area (Å²) < 4.78 is 15.6. The van der Waals surface area contributed by atoms with Crippen molar-refractivity contribution in [1.82, 2.24) is 30.2 Å². The fourth-order valence-electron chi connectivity index (χ4n) is 1.79. The van der Waals surface area contributed by atoms with E-state index in [4.69, 9.17) is 5.26 Å². The minimum atomic E-state index is -0.422. The van der Waals surface area contributed by atoms with Crippen molar-refractivity contribution < 1.29 is 4.39 Å². The molecule has 0 saturated carbocycles. The van der Waals surface area contributed by atoms with Crippen LogP contribution in [0.25, 0.3) is 11.3 Å². The molecule has 2 heterocycles. The Morgan fingerprint density at radius 2 is 2.36 bits per heavy atom. The van der Waals surface area contributed by atoms with E-state index in [2.05, 4.69) is 30.9 Å². The second-order valence-electron chi connectivity index (χ2n) is 4.19. The highest BCUT2D eigenvalue weighted by molar-refractivity contribution is 5.74. The van der Waals surface area contributed by atoms with E-state index in [9.17, 15) is 4.39 Å². The molecule has 108 valence electrons. The van der Waals surface area contributed by atoms with Gasteiger partial charge in [0.2, 0.25) is 5.82 Å². The van der Waals surface area contributed by atoms with Gasteiger partial charge in [-0.1, -0.05) is 0 Å². The number of benzene rings is 1. The molecule has 2 N–H and O–H groups in total. The molecule has 3 rings (SSSR count). The Labute approximate surface area is 123 Å². The minimum Gasteiger partial charge on any atom is -0.360 e. The topological polar surface area (TPSA) is 108 Å². The van der Waals surface area contributed by atoms with Crippen molar-refractivity contribution in [3.05, 3.63) is 54.8 Å². The van der Waals surface area contributed by atoms with Crippen LogP contribution in [0.1, 0.15) is 5.82 Å². The minimum absolute atomic E-state index is 0.158. The number of H-pyrrole nitrogens is 1. The Bertz CT molecular complexity index is 830. The first-order valence-electron chi connectivity index (χ1n) is 6.16. The maximum Gasteiger partial charge on any atom is 0.216 e. The van der Waals surface area contributed by atoms with Crippen molar-refractivity contribution in [2.45, 2.75) is 0 Å². The Hall–Kier alpha value is -3.54. The third kappa shape index (κ3) is 2.66. The number of imidazole rings is 1. The molecule has 3 aromatic rings. The average molecular weight is 296 g/mol. The van der Waals surface area contributed by atoms with E-state index in [0.717, 1.165) is 0 Å². The number of nitrogens with one attached hydrogen (secondary N) is 2. The van der Waals surface area contributed by atoms with Gasteiger partial charge in [0, 0.05) is 24.3 Å². The number of allylic oxidation sites excluding steroid dienone is 1. The molecule has 0 unspecified atom stereocenters. The van der Waals surface area contributed by atoms with Crippen LogP contribution >= 0.6 is 0 Å². The first-order valence-corrected chi connectivity index (χ1v) is 6.16. The molecule has 0 amide bonds. The number of nitriles is 1. The van der Waals surface area contributed by atoms with E-state index in [1.54, 1.807) is 29.1 Å². The summed E-state index contributed by atoms with van der Waals surface area (Å²) in [7, 11) is 0. The highest BCUT2D eigenvalue weighted by Crippen LogP contribution is 2.18. The number of halogens is 1. The Morgan fingerprint density at radius 1 is 1.45 bits per heavy atom. The highest BCUT2D eigenvalue weighted by atomic mass is 19.1. The van der Waals surface area contributed by atoms with E-state index in [1.165, 1.54) is 18.6 Å². The lowest BCUT2D eigenvalue weighted by molar-refractivity contribution is 0.618. The Kier molecular flexibility index (Phi) is 3.57. The lowest BCUT2D eigenvalue weighted by atomic mass is 10.2. The summed E-state index contributed by atoms with van der Waals surface area (Å²) in [6, 6.07) is 6.53. The number of aromatic nitrogens is 6. The van der Waals surface area contributed by atoms with Gasteiger partial charge in [0.15, 0.2) is 0 Å². The Morgan fingerprint density at radius 3 is 3.00 bits per heavy atom. The molecule has 2 aromatic heterocycles. The quantitative estimate of drug-likeness (QED) is 0.706. The number of nitrogens with zero attached hydrogens (tertiary/aromatic N) is 6. The van der Waals surface area contributed by atoms with E-state index in [1.807, 2.05) is 6.07 Å². The lowest BCUT2D eigenvalue weighted by Gasteiger charge is -2.06. The van der Waals surface area contributed by atoms with Gasteiger partial charge in [-0.2, -0.15) is 10.5 Å². The van der Waals surface area contributed by atoms with Crippen LogP contribution in [0.4, 0.5) is 10.1 Å². The summed E-state index contributed by atoms with van der Waals surface area (Å²) in [5.74, 6) is -0.264. The van der Waals surface area contributed by atoms with Gasteiger partial charge < -0.3 is 9.88 Å². The number of aromatic amines is 1. The molecule has 0 aliphatic heterocycles. The van der Waals surface area contributed by atoms with Crippen LogP contribution in [-0.4, -0.2) is 30.2 Å². The van der Waals surface area contributed by atoms with Gasteiger partial charge in [-0.05, 0) is 23.4 Å². The predicted octanol–water partition coefficient (Wildman–Crippen LogP) is 1.50. The zero-order valence-corrected chi connectivity index (χ0v) is 11.1. The molecule has 0 aliphatic carbocycles. The lowest BCUT2D eigenvalue weighted by Crippen LogP contribution is -1.97. The van der Waals surface area contributed by atoms with Gasteiger partial charge in [0.25, 0.3) is 0 Å². The molecular weight excluding hydrogens is 287 g/mol. The monoisotopic (exact) mass is 296 g/mol. The largest absolute Gasteiger partial charge is 0.360 e. The zero-order valence-electron chi connectivity index (χ0n) is 11.1. The van der Waals surface area contributed by atoms with Crippen LogP contribution in [0.15, 0.2) is 43.1 Å². The van der Waals surface area contributed by atoms with E-state index in [-0.39, 0.29) is 11.4 Å². The molecule has 0 aliphatic rings. The number of rotatable bonds is 4. The predicted molar refractivity (Wildman–Crippen MR) is 74.9 cm³/mol. The van der Waals surface area contributed by atoms with E-state index >= 15 is 0 Å². The summed E-state index contributed by atoms with van der Waals surface area (Å²) in [6.07, 6.45) is 6.11. The van der Waals surface area contributed by atoms with Crippen LogP contribution in [0.2, 0.25) is 0 Å². The molecule has 8 nitrogen and oxygen atoms in total. The highest BCUT2D eigenvalue weighted by Gasteiger charge is 2.07. The first kappa shape index (κ1) is 13.4. The van der Waals surface area contributed by atoms with Gasteiger partial charge in [-0.3, -0.25) is 0 Å². The fourth-order valence-corrected chi connectivity index (χ4v) is 1.79. The third-order valence-electron chi connectivity index (χ3n) is 2.82. The fraction of sp³-hybridized carbons (Fsp3) is 0. The first-order chi connectivity index (χ1) is 10.8. The van der Waals surface area contributed by atoms with Crippen LogP contribution < -0.4 is 5.32 Å². The molecule has 0 saturated heterocycles. The number of anilines is 1. The molecule has 0 atom stereocenters. The Balaban J connectivity index is 1.82. The van der Waals surface area contributed by atoms with Crippen LogP contribution in [0, 0.1) is 17.1 Å². The molecule has 0 spiro atoms. The molecule has 9 heteroatoms. The van der Waals surface area contributed by atoms with Gasteiger partial charge in [-0.15, -0.1) is 10.2 Å². The second-order valence-corrected chi connectivity index (χ2v) is 4.19. The third-order valence-corrected chi connectivity index (χ3v) is 2.82. The van der Waals surface area contributed by atoms with Gasteiger partial charge >= 0.3 is 0 Å².